The Labute approximate surface area is 72.0 Å². The highest BCUT2D eigenvalue weighted by molar-refractivity contribution is 7.11. The molecule has 1 heterocycles. The molecule has 0 bridgehead atoms. The van der Waals surface area contributed by atoms with Crippen LogP contribution in [0.25, 0.3) is 0 Å². The third-order valence-electron chi connectivity index (χ3n) is 1.38. The predicted molar refractivity (Wildman–Crippen MR) is 49.0 cm³/mol. The molecule has 1 nitrogen and oxygen atoms in total. The van der Waals surface area contributed by atoms with Gasteiger partial charge >= 0.3 is 0 Å². The molecule has 0 aliphatic carbocycles. The molecule has 0 saturated carbocycles. The van der Waals surface area contributed by atoms with Crippen LogP contribution in [0.2, 0.25) is 0 Å². The zero-order chi connectivity index (χ0) is 7.94. The molecule has 0 saturated heterocycles. The first-order valence-corrected chi connectivity index (χ1v) is 4.77. The van der Waals surface area contributed by atoms with Gasteiger partial charge in [-0.15, -0.1) is 11.3 Å². The largest absolute Gasteiger partial charge is 0.484 e. The molecule has 0 spiro atoms. The molecule has 1 rings (SSSR count). The summed E-state index contributed by atoms with van der Waals surface area (Å²) in [4.78, 5) is 0. The van der Waals surface area contributed by atoms with Gasteiger partial charge in [0.25, 0.3) is 0 Å². The van der Waals surface area contributed by atoms with Crippen molar-refractivity contribution in [3.05, 3.63) is 24.4 Å². The van der Waals surface area contributed by atoms with E-state index in [4.69, 9.17) is 4.74 Å². The van der Waals surface area contributed by atoms with Gasteiger partial charge in [0, 0.05) is 0 Å². The molecule has 0 N–H and O–H groups in total. The van der Waals surface area contributed by atoms with Crippen LogP contribution in [0.1, 0.15) is 19.3 Å². The maximum atomic E-state index is 5.44. The summed E-state index contributed by atoms with van der Waals surface area (Å²) in [6.45, 7) is 4.60. The summed E-state index contributed by atoms with van der Waals surface area (Å²) in [6.07, 6.45) is 3.28. The average Bonchev–Trinajstić information content (AvgIpc) is 2.50. The Bertz CT molecular complexity index is 170. The standard InChI is InChI=1S/C9H13OS/c1-2-3-4-7-10-9-6-5-8-11-9/h5-6,8H,1-4,7H2. The summed E-state index contributed by atoms with van der Waals surface area (Å²) in [5, 5.41) is 3.05. The first-order chi connectivity index (χ1) is 5.43. The lowest BCUT2D eigenvalue weighted by Gasteiger charge is -2.00. The molecular formula is C9H13OS. The molecule has 0 amide bonds. The van der Waals surface area contributed by atoms with E-state index in [0.29, 0.717) is 0 Å². The van der Waals surface area contributed by atoms with Gasteiger partial charge in [-0.3, -0.25) is 0 Å². The molecule has 1 aromatic rings. The minimum Gasteiger partial charge on any atom is -0.484 e. The van der Waals surface area contributed by atoms with Crippen molar-refractivity contribution in [1.29, 1.82) is 0 Å². The molecule has 0 aliphatic heterocycles. The maximum Gasteiger partial charge on any atom is 0.173 e. The van der Waals surface area contributed by atoms with Gasteiger partial charge < -0.3 is 4.74 Å². The van der Waals surface area contributed by atoms with E-state index in [1.165, 1.54) is 0 Å². The smallest absolute Gasteiger partial charge is 0.173 e. The third kappa shape index (κ3) is 3.42. The summed E-state index contributed by atoms with van der Waals surface area (Å²) in [5.41, 5.74) is 0. The lowest BCUT2D eigenvalue weighted by atomic mass is 10.3. The van der Waals surface area contributed by atoms with Crippen molar-refractivity contribution in [1.82, 2.24) is 0 Å². The summed E-state index contributed by atoms with van der Waals surface area (Å²) < 4.78 is 5.44. The van der Waals surface area contributed by atoms with Crippen molar-refractivity contribution in [3.63, 3.8) is 0 Å². The minimum atomic E-state index is 0.829. The number of rotatable bonds is 5. The number of ether oxygens (including phenoxy) is 1. The van der Waals surface area contributed by atoms with E-state index in [-0.39, 0.29) is 0 Å². The van der Waals surface area contributed by atoms with Gasteiger partial charge in [0.15, 0.2) is 5.06 Å². The van der Waals surface area contributed by atoms with Crippen molar-refractivity contribution < 1.29 is 4.74 Å². The van der Waals surface area contributed by atoms with Crippen LogP contribution in [0.4, 0.5) is 0 Å². The molecule has 1 radical (unpaired) electrons. The summed E-state index contributed by atoms with van der Waals surface area (Å²) in [7, 11) is 0. The third-order valence-corrected chi connectivity index (χ3v) is 2.16. The Morgan fingerprint density at radius 2 is 2.36 bits per heavy atom. The highest BCUT2D eigenvalue weighted by Gasteiger charge is 1.91. The molecule has 0 aromatic carbocycles. The number of unbranched alkanes of at least 4 members (excludes halogenated alkanes) is 2. The molecule has 2 heteroatoms. The van der Waals surface area contributed by atoms with E-state index in [2.05, 4.69) is 6.92 Å². The molecular weight excluding hydrogens is 156 g/mol. The lowest BCUT2D eigenvalue weighted by molar-refractivity contribution is 0.316. The SMILES string of the molecule is [CH2]CCCCOc1cccs1. The first kappa shape index (κ1) is 8.60. The summed E-state index contributed by atoms with van der Waals surface area (Å²) in [6, 6.07) is 4.00. The van der Waals surface area contributed by atoms with Crippen LogP contribution < -0.4 is 4.74 Å². The van der Waals surface area contributed by atoms with E-state index in [1.807, 2.05) is 17.5 Å². The normalized spacial score (nSPS) is 9.91. The van der Waals surface area contributed by atoms with Gasteiger partial charge in [0.1, 0.15) is 0 Å². The van der Waals surface area contributed by atoms with Crippen LogP contribution in [0.3, 0.4) is 0 Å². The van der Waals surface area contributed by atoms with Crippen molar-refractivity contribution in [3.8, 4) is 5.06 Å². The van der Waals surface area contributed by atoms with Gasteiger partial charge in [0.05, 0.1) is 6.61 Å². The highest BCUT2D eigenvalue weighted by Crippen LogP contribution is 2.18. The summed E-state index contributed by atoms with van der Waals surface area (Å²) in [5.74, 6) is 0. The Kier molecular flexibility index (Phi) is 4.06. The Morgan fingerprint density at radius 1 is 1.45 bits per heavy atom. The van der Waals surface area contributed by atoms with Crippen molar-refractivity contribution in [2.24, 2.45) is 0 Å². The number of hydrogen-bond acceptors (Lipinski definition) is 2. The van der Waals surface area contributed by atoms with E-state index in [1.54, 1.807) is 11.3 Å². The zero-order valence-corrected chi connectivity index (χ0v) is 7.40. The first-order valence-electron chi connectivity index (χ1n) is 3.89. The lowest BCUT2D eigenvalue weighted by Crippen LogP contribution is -1.94. The highest BCUT2D eigenvalue weighted by atomic mass is 32.1. The second-order valence-electron chi connectivity index (χ2n) is 2.34. The van der Waals surface area contributed by atoms with Gasteiger partial charge in [-0.1, -0.05) is 19.8 Å². The molecule has 11 heavy (non-hydrogen) atoms. The average molecular weight is 169 g/mol. The van der Waals surface area contributed by atoms with Crippen LogP contribution in [0.5, 0.6) is 5.06 Å². The van der Waals surface area contributed by atoms with E-state index in [9.17, 15) is 0 Å². The fourth-order valence-electron chi connectivity index (χ4n) is 0.797. The van der Waals surface area contributed by atoms with Crippen LogP contribution in [0.15, 0.2) is 17.5 Å². The second kappa shape index (κ2) is 5.19. The van der Waals surface area contributed by atoms with Crippen molar-refractivity contribution in [2.45, 2.75) is 19.3 Å². The van der Waals surface area contributed by atoms with Crippen LogP contribution in [-0.4, -0.2) is 6.61 Å². The molecule has 0 fully saturated rings. The Hall–Kier alpha value is -0.500. The molecule has 0 unspecified atom stereocenters. The predicted octanol–water partition coefficient (Wildman–Crippen LogP) is 3.13. The number of hydrogen-bond donors (Lipinski definition) is 0. The second-order valence-corrected chi connectivity index (χ2v) is 3.25. The van der Waals surface area contributed by atoms with Crippen molar-refractivity contribution >= 4 is 11.3 Å². The Balaban J connectivity index is 2.04. The van der Waals surface area contributed by atoms with Crippen LogP contribution in [-0.2, 0) is 0 Å². The number of thiophene rings is 1. The maximum absolute atomic E-state index is 5.44. The van der Waals surface area contributed by atoms with E-state index < -0.39 is 0 Å². The molecule has 0 aliphatic rings. The van der Waals surface area contributed by atoms with E-state index >= 15 is 0 Å². The van der Waals surface area contributed by atoms with Crippen molar-refractivity contribution in [2.75, 3.05) is 6.61 Å². The van der Waals surface area contributed by atoms with Gasteiger partial charge in [-0.25, -0.2) is 0 Å². The molecule has 0 atom stereocenters. The van der Waals surface area contributed by atoms with Gasteiger partial charge in [-0.05, 0) is 23.9 Å². The zero-order valence-electron chi connectivity index (χ0n) is 6.58. The fraction of sp³-hybridized carbons (Fsp3) is 0.444. The minimum absolute atomic E-state index is 0.829. The fourth-order valence-corrected chi connectivity index (χ4v) is 1.40. The quantitative estimate of drug-likeness (QED) is 0.615. The molecule has 61 valence electrons. The molecule has 1 aromatic heterocycles. The van der Waals surface area contributed by atoms with E-state index in [0.717, 1.165) is 30.9 Å². The Morgan fingerprint density at radius 3 is 3.00 bits per heavy atom. The monoisotopic (exact) mass is 169 g/mol. The topological polar surface area (TPSA) is 9.23 Å². The summed E-state index contributed by atoms with van der Waals surface area (Å²) >= 11 is 1.64. The van der Waals surface area contributed by atoms with Crippen LogP contribution >= 0.6 is 11.3 Å². The van der Waals surface area contributed by atoms with Gasteiger partial charge in [0.2, 0.25) is 0 Å². The van der Waals surface area contributed by atoms with Gasteiger partial charge in [-0.2, -0.15) is 0 Å². The van der Waals surface area contributed by atoms with Crippen LogP contribution in [0, 0.1) is 6.92 Å².